The highest BCUT2D eigenvalue weighted by Crippen LogP contribution is 2.32. The summed E-state index contributed by atoms with van der Waals surface area (Å²) in [6.07, 6.45) is 0.398. The monoisotopic (exact) mass is 415 g/mol. The zero-order valence-corrected chi connectivity index (χ0v) is 17.9. The largest absolute Gasteiger partial charge is 0.325 e. The predicted octanol–water partition coefficient (Wildman–Crippen LogP) is 4.13. The highest BCUT2D eigenvalue weighted by molar-refractivity contribution is 6.11. The summed E-state index contributed by atoms with van der Waals surface area (Å²) in [5.74, 6) is -0.657. The number of benzene rings is 2. The van der Waals surface area contributed by atoms with Gasteiger partial charge in [-0.1, -0.05) is 55.5 Å². The third kappa shape index (κ3) is 3.34. The van der Waals surface area contributed by atoms with Gasteiger partial charge in [0, 0.05) is 22.6 Å². The fourth-order valence-corrected chi connectivity index (χ4v) is 4.38. The van der Waals surface area contributed by atoms with Crippen molar-refractivity contribution in [2.75, 3.05) is 6.54 Å². The molecule has 31 heavy (non-hydrogen) atoms. The van der Waals surface area contributed by atoms with Crippen LogP contribution in [0.3, 0.4) is 0 Å². The number of hydrogen-bond acceptors (Lipinski definition) is 3. The van der Waals surface area contributed by atoms with E-state index in [1.54, 1.807) is 0 Å². The Bertz CT molecular complexity index is 1150. The summed E-state index contributed by atoms with van der Waals surface area (Å²) in [5.41, 5.74) is 2.74. The number of rotatable bonds is 6. The summed E-state index contributed by atoms with van der Waals surface area (Å²) in [6.45, 7) is 5.36. The average molecular weight is 415 g/mol. The first-order chi connectivity index (χ1) is 14.9. The number of urea groups is 1. The van der Waals surface area contributed by atoms with Crippen LogP contribution >= 0.6 is 0 Å². The molecule has 1 aromatic heterocycles. The molecule has 1 atom stereocenters. The molecule has 6 heteroatoms. The minimum atomic E-state index is -1.14. The first-order valence-electron chi connectivity index (χ1n) is 10.4. The van der Waals surface area contributed by atoms with Gasteiger partial charge in [0.15, 0.2) is 5.78 Å². The van der Waals surface area contributed by atoms with Crippen molar-refractivity contribution in [3.05, 3.63) is 89.2 Å². The van der Waals surface area contributed by atoms with Crippen LogP contribution in [0.5, 0.6) is 0 Å². The summed E-state index contributed by atoms with van der Waals surface area (Å²) >= 11 is 0. The van der Waals surface area contributed by atoms with E-state index in [1.807, 2.05) is 92.1 Å². The maximum atomic E-state index is 13.3. The predicted molar refractivity (Wildman–Crippen MR) is 118 cm³/mol. The number of aryl methyl sites for hydroxylation is 1. The molecule has 4 rings (SSSR count). The number of ketones is 1. The second kappa shape index (κ2) is 7.87. The Hall–Kier alpha value is -3.67. The standard InChI is InChI=1S/C25H25N3O3/c1-4-25(19-11-7-5-8-12-19)23(30)27(24(31)26-25)16-22(29)21-15-17(2)28(18(21)3)20-13-9-6-10-14-20/h5-15H,4,16H2,1-3H3,(H,26,31)/t25-/m0/s1. The molecule has 0 saturated carbocycles. The molecule has 2 aromatic carbocycles. The van der Waals surface area contributed by atoms with E-state index in [9.17, 15) is 14.4 Å². The van der Waals surface area contributed by atoms with E-state index >= 15 is 0 Å². The van der Waals surface area contributed by atoms with Crippen molar-refractivity contribution in [3.8, 4) is 5.69 Å². The maximum absolute atomic E-state index is 13.3. The van der Waals surface area contributed by atoms with E-state index in [0.717, 1.165) is 22.0 Å². The van der Waals surface area contributed by atoms with E-state index < -0.39 is 17.5 Å². The van der Waals surface area contributed by atoms with Gasteiger partial charge >= 0.3 is 6.03 Å². The first-order valence-corrected chi connectivity index (χ1v) is 10.4. The molecule has 3 aromatic rings. The van der Waals surface area contributed by atoms with Gasteiger partial charge in [0.1, 0.15) is 5.54 Å². The van der Waals surface area contributed by atoms with Crippen LogP contribution in [0.2, 0.25) is 0 Å². The highest BCUT2D eigenvalue weighted by atomic mass is 16.2. The molecular weight excluding hydrogens is 390 g/mol. The number of Topliss-reactive ketones (excluding diaryl/α,β-unsaturated/α-hetero) is 1. The van der Waals surface area contributed by atoms with Gasteiger partial charge in [0.2, 0.25) is 0 Å². The Morgan fingerprint density at radius 2 is 1.58 bits per heavy atom. The van der Waals surface area contributed by atoms with Crippen LogP contribution < -0.4 is 5.32 Å². The molecule has 0 radical (unpaired) electrons. The average Bonchev–Trinajstić information content (AvgIpc) is 3.22. The SMILES string of the molecule is CC[C@@]1(c2ccccc2)NC(=O)N(CC(=O)c2cc(C)n(-c3ccccc3)c2C)C1=O. The lowest BCUT2D eigenvalue weighted by Crippen LogP contribution is -2.43. The number of para-hydroxylation sites is 1. The van der Waals surface area contributed by atoms with Crippen molar-refractivity contribution >= 4 is 17.7 Å². The second-order valence-corrected chi connectivity index (χ2v) is 7.83. The topological polar surface area (TPSA) is 71.4 Å². The van der Waals surface area contributed by atoms with Gasteiger partial charge in [-0.25, -0.2) is 4.79 Å². The molecular formula is C25H25N3O3. The van der Waals surface area contributed by atoms with Crippen LogP contribution in [0.15, 0.2) is 66.7 Å². The Morgan fingerprint density at radius 3 is 2.19 bits per heavy atom. The molecule has 1 N–H and O–H groups in total. The summed E-state index contributed by atoms with van der Waals surface area (Å²) in [7, 11) is 0. The molecule has 1 saturated heterocycles. The smallest absolute Gasteiger partial charge is 0.319 e. The molecule has 1 aliphatic rings. The number of imide groups is 1. The number of amides is 3. The first kappa shape index (κ1) is 20.6. The van der Waals surface area contributed by atoms with Gasteiger partial charge in [-0.3, -0.25) is 14.5 Å². The van der Waals surface area contributed by atoms with Crippen molar-refractivity contribution in [2.24, 2.45) is 0 Å². The van der Waals surface area contributed by atoms with E-state index in [2.05, 4.69) is 5.32 Å². The van der Waals surface area contributed by atoms with Crippen LogP contribution in [0, 0.1) is 13.8 Å². The molecule has 0 aliphatic carbocycles. The Morgan fingerprint density at radius 1 is 0.968 bits per heavy atom. The number of nitrogens with zero attached hydrogens (tertiary/aromatic N) is 2. The third-order valence-electron chi connectivity index (χ3n) is 6.02. The fourth-order valence-electron chi connectivity index (χ4n) is 4.38. The van der Waals surface area contributed by atoms with Crippen molar-refractivity contribution in [3.63, 3.8) is 0 Å². The van der Waals surface area contributed by atoms with E-state index in [-0.39, 0.29) is 12.3 Å². The fraction of sp³-hybridized carbons (Fsp3) is 0.240. The van der Waals surface area contributed by atoms with Crippen LogP contribution in [-0.2, 0) is 10.3 Å². The molecule has 6 nitrogen and oxygen atoms in total. The number of nitrogens with one attached hydrogen (secondary N) is 1. The molecule has 0 spiro atoms. The van der Waals surface area contributed by atoms with E-state index in [4.69, 9.17) is 0 Å². The summed E-state index contributed by atoms with van der Waals surface area (Å²) in [6, 6.07) is 20.2. The molecule has 1 fully saturated rings. The molecule has 1 aliphatic heterocycles. The lowest BCUT2D eigenvalue weighted by molar-refractivity contribution is -0.131. The summed E-state index contributed by atoms with van der Waals surface area (Å²) < 4.78 is 2.00. The number of carbonyl (C=O) groups is 3. The Labute approximate surface area is 181 Å². The molecule has 0 bridgehead atoms. The lowest BCUT2D eigenvalue weighted by Gasteiger charge is -2.25. The number of carbonyl (C=O) groups excluding carboxylic acids is 3. The van der Waals surface area contributed by atoms with Gasteiger partial charge in [-0.15, -0.1) is 0 Å². The van der Waals surface area contributed by atoms with Crippen molar-refractivity contribution < 1.29 is 14.4 Å². The minimum absolute atomic E-state index is 0.265. The molecule has 0 unspecified atom stereocenters. The zero-order chi connectivity index (χ0) is 22.2. The normalized spacial score (nSPS) is 18.4. The summed E-state index contributed by atoms with van der Waals surface area (Å²) in [5, 5.41) is 2.83. The van der Waals surface area contributed by atoms with Crippen LogP contribution in [0.1, 0.15) is 40.7 Å². The van der Waals surface area contributed by atoms with Crippen LogP contribution in [-0.4, -0.2) is 33.7 Å². The van der Waals surface area contributed by atoms with Gasteiger partial charge in [0.25, 0.3) is 5.91 Å². The number of aromatic nitrogens is 1. The van der Waals surface area contributed by atoms with Crippen molar-refractivity contribution in [2.45, 2.75) is 32.7 Å². The Balaban J connectivity index is 1.63. The van der Waals surface area contributed by atoms with Crippen molar-refractivity contribution in [1.29, 1.82) is 0 Å². The van der Waals surface area contributed by atoms with Gasteiger partial charge in [-0.05, 0) is 44.0 Å². The molecule has 158 valence electrons. The van der Waals surface area contributed by atoms with Crippen LogP contribution in [0.25, 0.3) is 5.69 Å². The minimum Gasteiger partial charge on any atom is -0.319 e. The summed E-state index contributed by atoms with van der Waals surface area (Å²) in [4.78, 5) is 40.2. The zero-order valence-electron chi connectivity index (χ0n) is 17.9. The third-order valence-corrected chi connectivity index (χ3v) is 6.02. The van der Waals surface area contributed by atoms with Crippen molar-refractivity contribution in [1.82, 2.24) is 14.8 Å². The maximum Gasteiger partial charge on any atom is 0.325 e. The van der Waals surface area contributed by atoms with E-state index in [0.29, 0.717) is 17.5 Å². The van der Waals surface area contributed by atoms with Gasteiger partial charge in [0.05, 0.1) is 6.54 Å². The van der Waals surface area contributed by atoms with E-state index in [1.165, 1.54) is 0 Å². The highest BCUT2D eigenvalue weighted by Gasteiger charge is 2.51. The van der Waals surface area contributed by atoms with Gasteiger partial charge in [-0.2, -0.15) is 0 Å². The van der Waals surface area contributed by atoms with Gasteiger partial charge < -0.3 is 9.88 Å². The Kier molecular flexibility index (Phi) is 5.23. The quantitative estimate of drug-likeness (QED) is 0.486. The molecule has 2 heterocycles. The number of hydrogen-bond donors (Lipinski definition) is 1. The molecule has 3 amide bonds. The lowest BCUT2D eigenvalue weighted by atomic mass is 9.87. The van der Waals surface area contributed by atoms with Crippen LogP contribution in [0.4, 0.5) is 4.79 Å². The second-order valence-electron chi connectivity index (χ2n) is 7.83.